The average Bonchev–Trinajstić information content (AvgIpc) is 2.63. The molecule has 1 N–H and O–H groups in total. The van der Waals surface area contributed by atoms with E-state index in [0.29, 0.717) is 25.4 Å². The fourth-order valence-electron chi connectivity index (χ4n) is 2.60. The first kappa shape index (κ1) is 15.9. The summed E-state index contributed by atoms with van der Waals surface area (Å²) in [7, 11) is 0. The first-order chi connectivity index (χ1) is 11.6. The molecule has 0 bridgehead atoms. The van der Waals surface area contributed by atoms with Crippen molar-refractivity contribution < 1.29 is 14.5 Å². The second kappa shape index (κ2) is 7.10. The molecule has 0 saturated carbocycles. The molecule has 0 aromatic heterocycles. The Bertz CT molecular complexity index is 736. The minimum atomic E-state index is -0.490. The Morgan fingerprint density at radius 3 is 2.75 bits per heavy atom. The number of carbonyl (C=O) groups is 1. The number of hydrogen-bond donors (Lipinski definition) is 1. The maximum Gasteiger partial charge on any atom is 0.322 e. The van der Waals surface area contributed by atoms with Crippen LogP contribution in [0.4, 0.5) is 16.2 Å². The Kier molecular flexibility index (Phi) is 4.72. The number of amides is 2. The number of rotatable bonds is 3. The average molecular weight is 327 g/mol. The number of hydrogen-bond acceptors (Lipinski definition) is 4. The van der Waals surface area contributed by atoms with Crippen molar-refractivity contribution in [3.05, 3.63) is 70.3 Å². The van der Waals surface area contributed by atoms with Gasteiger partial charge in [-0.25, -0.2) is 4.79 Å². The van der Waals surface area contributed by atoms with E-state index in [2.05, 4.69) is 5.32 Å². The summed E-state index contributed by atoms with van der Waals surface area (Å²) in [6.07, 6.45) is -0.171. The molecule has 1 heterocycles. The Hall–Kier alpha value is -2.93. The number of urea groups is 1. The summed E-state index contributed by atoms with van der Waals surface area (Å²) in [4.78, 5) is 24.4. The molecule has 2 aromatic carbocycles. The second-order valence-corrected chi connectivity index (χ2v) is 5.45. The number of ether oxygens (including phenoxy) is 1. The lowest BCUT2D eigenvalue weighted by Gasteiger charge is -2.33. The standard InChI is InChI=1S/C17H17N3O4/c21-17(18-14-7-4-8-15(11-14)20(22)23)19-9-10-24-16(12-19)13-5-2-1-3-6-13/h1-8,11,16H,9-10,12H2,(H,18,21). The molecule has 1 fully saturated rings. The third-order valence-corrected chi connectivity index (χ3v) is 3.83. The van der Waals surface area contributed by atoms with Crippen molar-refractivity contribution in [1.82, 2.24) is 4.90 Å². The fourth-order valence-corrected chi connectivity index (χ4v) is 2.60. The van der Waals surface area contributed by atoms with Crippen molar-refractivity contribution >= 4 is 17.4 Å². The highest BCUT2D eigenvalue weighted by Crippen LogP contribution is 2.23. The van der Waals surface area contributed by atoms with Crippen LogP contribution in [0.3, 0.4) is 0 Å². The molecule has 24 heavy (non-hydrogen) atoms. The molecule has 2 amide bonds. The number of nitro benzene ring substituents is 1. The van der Waals surface area contributed by atoms with E-state index >= 15 is 0 Å². The van der Waals surface area contributed by atoms with Gasteiger partial charge in [0.15, 0.2) is 0 Å². The maximum absolute atomic E-state index is 12.4. The zero-order valence-corrected chi connectivity index (χ0v) is 12.9. The van der Waals surface area contributed by atoms with Crippen LogP contribution >= 0.6 is 0 Å². The Morgan fingerprint density at radius 1 is 1.21 bits per heavy atom. The SMILES string of the molecule is O=C(Nc1cccc([N+](=O)[O-])c1)N1CCOC(c2ccccc2)C1. The largest absolute Gasteiger partial charge is 0.370 e. The van der Waals surface area contributed by atoms with Crippen LogP contribution in [0.15, 0.2) is 54.6 Å². The molecule has 1 aliphatic heterocycles. The van der Waals surface area contributed by atoms with Gasteiger partial charge in [-0.1, -0.05) is 36.4 Å². The van der Waals surface area contributed by atoms with Crippen LogP contribution in [0.25, 0.3) is 0 Å². The molecule has 2 aromatic rings. The number of non-ortho nitro benzene ring substituents is 1. The van der Waals surface area contributed by atoms with Gasteiger partial charge in [0.1, 0.15) is 6.10 Å². The molecule has 1 aliphatic rings. The van der Waals surface area contributed by atoms with Gasteiger partial charge in [0, 0.05) is 24.4 Å². The summed E-state index contributed by atoms with van der Waals surface area (Å²) >= 11 is 0. The van der Waals surface area contributed by atoms with E-state index in [9.17, 15) is 14.9 Å². The van der Waals surface area contributed by atoms with Crippen LogP contribution in [-0.2, 0) is 4.74 Å². The quantitative estimate of drug-likeness (QED) is 0.693. The zero-order chi connectivity index (χ0) is 16.9. The smallest absolute Gasteiger partial charge is 0.322 e. The molecule has 0 aliphatic carbocycles. The topological polar surface area (TPSA) is 84.7 Å². The normalized spacial score (nSPS) is 17.3. The molecule has 7 nitrogen and oxygen atoms in total. The molecular weight excluding hydrogens is 310 g/mol. The van der Waals surface area contributed by atoms with Crippen LogP contribution in [0, 0.1) is 10.1 Å². The molecule has 1 atom stereocenters. The summed E-state index contributed by atoms with van der Waals surface area (Å²) in [5.74, 6) is 0. The lowest BCUT2D eigenvalue weighted by molar-refractivity contribution is -0.384. The van der Waals surface area contributed by atoms with Gasteiger partial charge < -0.3 is 15.0 Å². The van der Waals surface area contributed by atoms with Gasteiger partial charge in [-0.15, -0.1) is 0 Å². The van der Waals surface area contributed by atoms with Gasteiger partial charge in [-0.05, 0) is 11.6 Å². The van der Waals surface area contributed by atoms with Crippen molar-refractivity contribution in [3.8, 4) is 0 Å². The van der Waals surface area contributed by atoms with Crippen LogP contribution in [0.2, 0.25) is 0 Å². The molecule has 1 unspecified atom stereocenters. The summed E-state index contributed by atoms with van der Waals surface area (Å²) in [6, 6.07) is 15.3. The zero-order valence-electron chi connectivity index (χ0n) is 12.9. The number of nitrogens with zero attached hydrogens (tertiary/aromatic N) is 2. The van der Waals surface area contributed by atoms with E-state index in [1.807, 2.05) is 30.3 Å². The molecule has 0 radical (unpaired) electrons. The lowest BCUT2D eigenvalue weighted by atomic mass is 10.1. The van der Waals surface area contributed by atoms with Crippen molar-refractivity contribution in [2.75, 3.05) is 25.0 Å². The summed E-state index contributed by atoms with van der Waals surface area (Å²) < 4.78 is 5.73. The van der Waals surface area contributed by atoms with Crippen molar-refractivity contribution in [1.29, 1.82) is 0 Å². The molecule has 124 valence electrons. The summed E-state index contributed by atoms with van der Waals surface area (Å²) in [5.41, 5.74) is 1.36. The van der Waals surface area contributed by atoms with Crippen molar-refractivity contribution in [2.45, 2.75) is 6.10 Å². The Labute approximate surface area is 139 Å². The summed E-state index contributed by atoms with van der Waals surface area (Å²) in [6.45, 7) is 1.36. The number of nitrogens with one attached hydrogen (secondary N) is 1. The number of anilines is 1. The number of nitro groups is 1. The first-order valence-corrected chi connectivity index (χ1v) is 7.60. The van der Waals surface area contributed by atoms with Gasteiger partial charge >= 0.3 is 6.03 Å². The van der Waals surface area contributed by atoms with Gasteiger partial charge in [-0.3, -0.25) is 10.1 Å². The Morgan fingerprint density at radius 2 is 2.00 bits per heavy atom. The summed E-state index contributed by atoms with van der Waals surface area (Å²) in [5, 5.41) is 13.5. The third kappa shape index (κ3) is 3.69. The van der Waals surface area contributed by atoms with Crippen LogP contribution < -0.4 is 5.32 Å². The van der Waals surface area contributed by atoms with E-state index in [-0.39, 0.29) is 17.8 Å². The third-order valence-electron chi connectivity index (χ3n) is 3.83. The minimum absolute atomic E-state index is 0.0584. The molecule has 7 heteroatoms. The van der Waals surface area contributed by atoms with Crippen LogP contribution in [0.1, 0.15) is 11.7 Å². The number of carbonyl (C=O) groups excluding carboxylic acids is 1. The molecule has 3 rings (SSSR count). The highest BCUT2D eigenvalue weighted by Gasteiger charge is 2.25. The highest BCUT2D eigenvalue weighted by molar-refractivity contribution is 5.89. The van der Waals surface area contributed by atoms with Crippen molar-refractivity contribution in [3.63, 3.8) is 0 Å². The van der Waals surface area contributed by atoms with Gasteiger partial charge in [-0.2, -0.15) is 0 Å². The van der Waals surface area contributed by atoms with Gasteiger partial charge in [0.2, 0.25) is 0 Å². The maximum atomic E-state index is 12.4. The van der Waals surface area contributed by atoms with E-state index in [0.717, 1.165) is 5.56 Å². The van der Waals surface area contributed by atoms with E-state index in [4.69, 9.17) is 4.74 Å². The second-order valence-electron chi connectivity index (χ2n) is 5.45. The number of benzene rings is 2. The molecule has 0 spiro atoms. The predicted molar refractivity (Wildman–Crippen MR) is 88.8 cm³/mol. The monoisotopic (exact) mass is 327 g/mol. The van der Waals surface area contributed by atoms with E-state index < -0.39 is 4.92 Å². The van der Waals surface area contributed by atoms with Crippen LogP contribution in [0.5, 0.6) is 0 Å². The predicted octanol–water partition coefficient (Wildman–Crippen LogP) is 3.20. The molecular formula is C17H17N3O4. The van der Waals surface area contributed by atoms with Gasteiger partial charge in [0.05, 0.1) is 18.1 Å². The van der Waals surface area contributed by atoms with Crippen LogP contribution in [-0.4, -0.2) is 35.6 Å². The van der Waals surface area contributed by atoms with E-state index in [1.165, 1.54) is 12.1 Å². The first-order valence-electron chi connectivity index (χ1n) is 7.60. The van der Waals surface area contributed by atoms with E-state index in [1.54, 1.807) is 17.0 Å². The fraction of sp³-hybridized carbons (Fsp3) is 0.235. The Balaban J connectivity index is 1.66. The lowest BCUT2D eigenvalue weighted by Crippen LogP contribution is -2.44. The minimum Gasteiger partial charge on any atom is -0.370 e. The molecule has 1 saturated heterocycles. The van der Waals surface area contributed by atoms with Crippen molar-refractivity contribution in [2.24, 2.45) is 0 Å². The number of morpholine rings is 1. The van der Waals surface area contributed by atoms with Gasteiger partial charge in [0.25, 0.3) is 5.69 Å². The highest BCUT2D eigenvalue weighted by atomic mass is 16.6.